The Morgan fingerprint density at radius 2 is 0.865 bits per heavy atom. The number of anilines is 16. The maximum absolute atomic E-state index is 13.3. The Morgan fingerprint density at radius 3 is 1.30 bits per heavy atom. The second-order valence-corrected chi connectivity index (χ2v) is 36.7. The van der Waals surface area contributed by atoms with E-state index in [2.05, 4.69) is 87.4 Å². The number of benzene rings is 5. The van der Waals surface area contributed by atoms with Crippen molar-refractivity contribution >= 4 is 140 Å². The molecule has 5 aromatic heterocycles. The number of para-hydroxylation sites is 1. The van der Waals surface area contributed by atoms with Crippen LogP contribution in [-0.4, -0.2) is 254 Å². The van der Waals surface area contributed by atoms with Crippen LogP contribution in [-0.2, 0) is 25.5 Å². The smallest absolute Gasteiger partial charge is 0.409 e. The second-order valence-electron chi connectivity index (χ2n) is 36.7. The van der Waals surface area contributed by atoms with Crippen LogP contribution in [0.2, 0.25) is 0 Å². The summed E-state index contributed by atoms with van der Waals surface area (Å²) in [6.07, 6.45) is 22.4. The van der Waals surface area contributed by atoms with E-state index in [9.17, 15) is 42.7 Å². The highest BCUT2D eigenvalue weighted by atomic mass is 19.1. The summed E-state index contributed by atoms with van der Waals surface area (Å²) < 4.78 is 42.4. The van der Waals surface area contributed by atoms with Gasteiger partial charge in [0.15, 0.2) is 23.3 Å². The first-order chi connectivity index (χ1) is 68.0. The van der Waals surface area contributed by atoms with Gasteiger partial charge in [0, 0.05) is 133 Å². The van der Waals surface area contributed by atoms with Gasteiger partial charge >= 0.3 is 6.09 Å². The molecule has 10 heterocycles. The standard InChI is InChI=1S/C30H40FN7O5.C25H28N6O3.C23H30N6O3.C22H26N8O2/c1-30(2)18-38(21-7-5-6-8-21)25-23(36(3)27(30)40)16-33-28(35-25)34-22-10-9-19(15-24(22)42-4)26(39)32-12-14-43-29(41)37-13-11-20(31)17-37;1-25(2)15-31(17-9-7-6-8-10-17)21-19(30(4)23(25)33)14-27-24(29-21)28-18-12-11-16(22(32)26-3)13-20(18)34-5;1-4-28-18-14-25-23(26-17-10-9-15(22(31)24-2)13-19(17)32-3)27-21(18)29(12-11-20(28)30)16-7-5-6-8-16;1-23-21(31)14-7-8-16(18(11-14)32-2)26-22-24-12-17-20(27-22)29(15-5-3-4-6-15)10-9-19-28-25-13-30(17)19/h9-10,15-16,20-21H,5-8,11-14,17-18H2,1-4H3,(H,32,39)(H,33,34,35);6-14H,15H2,1-5H3,(H,26,32)(H,27,28,29);9-10,13-14,16H,4-8,11-12H2,1-3H3,(H,24,31)(H,25,26,27);7-8,11-13,15H,3-6,9-10H2,1-2H3,(H,23,31)(H,24,26,27)/t20-;;;/m1.../s1. The third kappa shape index (κ3) is 22.7. The summed E-state index contributed by atoms with van der Waals surface area (Å²) in [6, 6.07) is 31.4. The number of likely N-dealkylation sites (tertiary alicyclic amines) is 1. The largest absolute Gasteiger partial charge is 0.495 e. The Balaban J connectivity index is 0.000000143. The lowest BCUT2D eigenvalue weighted by Gasteiger charge is -2.34. The maximum atomic E-state index is 13.3. The van der Waals surface area contributed by atoms with Gasteiger partial charge in [-0.25, -0.2) is 29.1 Å². The number of rotatable bonds is 24. The SMILES string of the molecule is CCN1C(=O)CCN(C2CCCC2)c2nc(Nc3ccc(C(=O)NC)cc3OC)ncc21.CNC(=O)c1ccc(Nc2ncc3c(n2)N(C2CCCC2)CCc2nncn2-3)c(OC)c1.CNC(=O)c1ccc(Nc2ncc3c(n2)N(c2ccccc2)CC(C)(C)C(=O)N3C)c(OC)c1.COc1cc(C(=O)NCCOC(=O)N2CC[C@@H](F)C2)ccc1Nc1ncc2c(n1)N(C1CCCC1)CC(C)(C)C(=O)N2C. The molecule has 5 aliphatic heterocycles. The minimum Gasteiger partial charge on any atom is -0.495 e. The van der Waals surface area contributed by atoms with E-state index in [4.69, 9.17) is 43.6 Å². The third-order valence-electron chi connectivity index (χ3n) is 26.5. The van der Waals surface area contributed by atoms with Crippen molar-refractivity contribution in [1.82, 2.24) is 80.8 Å². The quantitative estimate of drug-likeness (QED) is 0.0260. The van der Waals surface area contributed by atoms with Crippen molar-refractivity contribution in [3.63, 3.8) is 0 Å². The molecule has 0 bridgehead atoms. The summed E-state index contributed by atoms with van der Waals surface area (Å²) >= 11 is 0. The van der Waals surface area contributed by atoms with Gasteiger partial charge in [-0.2, -0.15) is 19.9 Å². The van der Waals surface area contributed by atoms with E-state index in [1.807, 2.05) is 80.6 Å². The Hall–Kier alpha value is -15.4. The summed E-state index contributed by atoms with van der Waals surface area (Å²) in [5.74, 6) is 6.63. The molecule has 3 saturated carbocycles. The second kappa shape index (κ2) is 44.6. The normalized spacial score (nSPS) is 17.0. The van der Waals surface area contributed by atoms with Crippen LogP contribution < -0.4 is 95.8 Å². The molecular formula is C100H124FN27O13. The molecule has 10 aromatic rings. The van der Waals surface area contributed by atoms with Gasteiger partial charge in [0.1, 0.15) is 70.7 Å². The van der Waals surface area contributed by atoms with Gasteiger partial charge in [0.2, 0.25) is 41.5 Å². The summed E-state index contributed by atoms with van der Waals surface area (Å²) in [5.41, 5.74) is 7.01. The van der Waals surface area contributed by atoms with Crippen molar-refractivity contribution in [2.75, 3.05) is 178 Å². The first-order valence-electron chi connectivity index (χ1n) is 47.7. The van der Waals surface area contributed by atoms with Gasteiger partial charge < -0.3 is 105 Å². The Bertz CT molecular complexity index is 6210. The Labute approximate surface area is 818 Å². The van der Waals surface area contributed by atoms with Crippen LogP contribution in [0.4, 0.5) is 102 Å². The lowest BCUT2D eigenvalue weighted by molar-refractivity contribution is -0.126. The van der Waals surface area contributed by atoms with Crippen molar-refractivity contribution in [2.45, 2.75) is 155 Å². The van der Waals surface area contributed by atoms with Gasteiger partial charge in [-0.1, -0.05) is 56.7 Å². The molecule has 40 nitrogen and oxygen atoms in total. The molecule has 5 aromatic carbocycles. The minimum absolute atomic E-state index is 0.0112. The molecule has 3 aliphatic carbocycles. The van der Waals surface area contributed by atoms with E-state index in [0.717, 1.165) is 91.8 Å². The summed E-state index contributed by atoms with van der Waals surface area (Å²) in [4.78, 5) is 153. The molecular weight excluding hydrogens is 1810 g/mol. The first kappa shape index (κ1) is 100. The number of alkyl halides is 1. The van der Waals surface area contributed by atoms with Crippen LogP contribution in [0.1, 0.15) is 172 Å². The number of methoxy groups -OCH3 is 4. The number of halogens is 1. The molecule has 8 aliphatic rings. The Kier molecular flexibility index (Phi) is 31.7. The van der Waals surface area contributed by atoms with Crippen LogP contribution in [0.5, 0.6) is 23.0 Å². The van der Waals surface area contributed by atoms with E-state index in [-0.39, 0.29) is 61.0 Å². The van der Waals surface area contributed by atoms with E-state index in [1.54, 1.807) is 162 Å². The van der Waals surface area contributed by atoms with Crippen LogP contribution >= 0.6 is 0 Å². The molecule has 8 amide bonds. The van der Waals surface area contributed by atoms with Crippen molar-refractivity contribution in [1.29, 1.82) is 0 Å². The fourth-order valence-corrected chi connectivity index (χ4v) is 19.0. The molecule has 1 saturated heterocycles. The summed E-state index contributed by atoms with van der Waals surface area (Å²) in [6.45, 7) is 13.3. The number of nitrogens with one attached hydrogen (secondary N) is 8. The molecule has 141 heavy (non-hydrogen) atoms. The zero-order valence-electron chi connectivity index (χ0n) is 82.2. The molecule has 8 N–H and O–H groups in total. The lowest BCUT2D eigenvalue weighted by Crippen LogP contribution is -2.45. The highest BCUT2D eigenvalue weighted by molar-refractivity contribution is 6.04. The average Bonchev–Trinajstić information content (AvgIpc) is 1.65. The fourth-order valence-electron chi connectivity index (χ4n) is 19.0. The van der Waals surface area contributed by atoms with Crippen molar-refractivity contribution in [3.8, 4) is 28.7 Å². The van der Waals surface area contributed by atoms with E-state index < -0.39 is 23.1 Å². The number of fused-ring (bicyclic) bond motifs is 6. The number of hydrogen-bond acceptors (Lipinski definition) is 31. The zero-order chi connectivity index (χ0) is 99.9. The van der Waals surface area contributed by atoms with Gasteiger partial charge in [-0.05, 0) is 164 Å². The average molecular weight is 1930 g/mol. The molecule has 0 spiro atoms. The highest BCUT2D eigenvalue weighted by Gasteiger charge is 2.44. The fraction of sp³-hybridized carbons (Fsp3) is 0.440. The Morgan fingerprint density at radius 1 is 0.468 bits per heavy atom. The number of carbonyl (C=O) groups is 8. The van der Waals surface area contributed by atoms with Gasteiger partial charge in [-0.15, -0.1) is 10.2 Å². The van der Waals surface area contributed by atoms with Crippen LogP contribution in [0, 0.1) is 10.8 Å². The molecule has 4 fully saturated rings. The number of carbonyl (C=O) groups excluding carboxylic acids is 8. The first-order valence-corrected chi connectivity index (χ1v) is 47.7. The number of amides is 8. The molecule has 1 atom stereocenters. The zero-order valence-corrected chi connectivity index (χ0v) is 82.2. The molecule has 0 radical (unpaired) electrons. The van der Waals surface area contributed by atoms with E-state index >= 15 is 0 Å². The lowest BCUT2D eigenvalue weighted by atomic mass is 9.91. The van der Waals surface area contributed by atoms with Crippen LogP contribution in [0.3, 0.4) is 0 Å². The topological polar surface area (TPSA) is 439 Å². The van der Waals surface area contributed by atoms with E-state index in [1.165, 1.54) is 57.6 Å². The maximum Gasteiger partial charge on any atom is 0.409 e. The molecule has 744 valence electrons. The number of aromatic nitrogens is 11. The molecule has 0 unspecified atom stereocenters. The summed E-state index contributed by atoms with van der Waals surface area (Å²) in [5, 5.41) is 31.8. The minimum atomic E-state index is -1.02. The predicted octanol–water partition coefficient (Wildman–Crippen LogP) is 13.2. The molecule has 18 rings (SSSR count). The van der Waals surface area contributed by atoms with Crippen molar-refractivity contribution < 1.29 is 66.4 Å². The number of nitrogens with zero attached hydrogens (tertiary/aromatic N) is 19. The summed E-state index contributed by atoms with van der Waals surface area (Å²) in [7, 11) is 14.4. The third-order valence-corrected chi connectivity index (χ3v) is 26.5. The predicted molar refractivity (Wildman–Crippen MR) is 536 cm³/mol. The van der Waals surface area contributed by atoms with Crippen molar-refractivity contribution in [3.05, 3.63) is 162 Å². The van der Waals surface area contributed by atoms with Crippen molar-refractivity contribution in [2.24, 2.45) is 10.8 Å². The highest BCUT2D eigenvalue weighted by Crippen LogP contribution is 2.46. The number of hydrogen-bond donors (Lipinski definition) is 8. The molecule has 41 heteroatoms. The van der Waals surface area contributed by atoms with Crippen LogP contribution in [0.15, 0.2) is 134 Å². The monoisotopic (exact) mass is 1930 g/mol. The van der Waals surface area contributed by atoms with E-state index in [0.29, 0.717) is 173 Å². The van der Waals surface area contributed by atoms with Gasteiger partial charge in [0.05, 0.1) is 99.9 Å². The van der Waals surface area contributed by atoms with Gasteiger partial charge in [0.25, 0.3) is 23.6 Å². The van der Waals surface area contributed by atoms with Gasteiger partial charge in [-0.3, -0.25) is 38.1 Å². The number of ether oxygens (including phenoxy) is 5. The van der Waals surface area contributed by atoms with Crippen LogP contribution in [0.25, 0.3) is 5.69 Å².